The second-order valence-corrected chi connectivity index (χ2v) is 7.54. The van der Waals surface area contributed by atoms with Crippen molar-refractivity contribution in [2.75, 3.05) is 0 Å². The molecule has 0 heteroatoms. The predicted octanol–water partition coefficient (Wildman–Crippen LogP) is 8.68. The van der Waals surface area contributed by atoms with Crippen LogP contribution in [0.25, 0.3) is 33.4 Å². The molecule has 31 heavy (non-hydrogen) atoms. The molecular weight excluding hydrogens is 372 g/mol. The molecule has 0 aliphatic rings. The predicted molar refractivity (Wildman–Crippen MR) is 134 cm³/mol. The highest BCUT2D eigenvalue weighted by atomic mass is 14.1. The van der Waals surface area contributed by atoms with Crippen molar-refractivity contribution in [2.45, 2.75) is 6.92 Å². The van der Waals surface area contributed by atoms with Crippen LogP contribution in [0.1, 0.15) is 5.56 Å². The summed E-state index contributed by atoms with van der Waals surface area (Å²) >= 11 is 0. The second-order valence-electron chi connectivity index (χ2n) is 7.54. The summed E-state index contributed by atoms with van der Waals surface area (Å²) in [6.45, 7) is 2.12. The van der Waals surface area contributed by atoms with E-state index in [1.54, 1.807) is 0 Å². The average Bonchev–Trinajstić information content (AvgIpc) is 2.87. The van der Waals surface area contributed by atoms with Crippen LogP contribution >= 0.6 is 0 Å². The van der Waals surface area contributed by atoms with Gasteiger partial charge in [0.1, 0.15) is 0 Å². The first-order chi connectivity index (χ1) is 15.3. The third kappa shape index (κ3) is 5.58. The Labute approximate surface area is 185 Å². The molecule has 0 bridgehead atoms. The third-order valence-corrected chi connectivity index (χ3v) is 5.26. The van der Waals surface area contributed by atoms with E-state index in [1.165, 1.54) is 38.9 Å². The molecule has 0 N–H and O–H groups in total. The van der Waals surface area contributed by atoms with Crippen molar-refractivity contribution < 1.29 is 0 Å². The van der Waals surface area contributed by atoms with Crippen molar-refractivity contribution in [3.8, 4) is 33.4 Å². The molecule has 0 nitrogen and oxygen atoms in total. The van der Waals surface area contributed by atoms with Crippen LogP contribution < -0.4 is 0 Å². The Morgan fingerprint density at radius 1 is 0.258 bits per heavy atom. The van der Waals surface area contributed by atoms with Crippen LogP contribution in [0.2, 0.25) is 0 Å². The molecule has 5 aromatic rings. The van der Waals surface area contributed by atoms with Crippen molar-refractivity contribution in [1.29, 1.82) is 0 Å². The van der Waals surface area contributed by atoms with E-state index in [0.717, 1.165) is 0 Å². The summed E-state index contributed by atoms with van der Waals surface area (Å²) < 4.78 is 0. The molecule has 0 unspecified atom stereocenters. The zero-order valence-corrected chi connectivity index (χ0v) is 17.8. The molecule has 0 atom stereocenters. The van der Waals surface area contributed by atoms with Gasteiger partial charge in [-0.25, -0.2) is 0 Å². The Hall–Kier alpha value is -3.90. The van der Waals surface area contributed by atoms with Crippen LogP contribution in [0, 0.1) is 6.92 Å². The minimum atomic E-state index is 1.25. The Balaban J connectivity index is 0.000000334. The maximum absolute atomic E-state index is 2.20. The smallest absolute Gasteiger partial charge is 0.0184 e. The molecule has 0 amide bonds. The first kappa shape index (κ1) is 20.4. The molecule has 0 radical (unpaired) electrons. The van der Waals surface area contributed by atoms with Crippen LogP contribution in [0.4, 0.5) is 0 Å². The maximum Gasteiger partial charge on any atom is -0.0184 e. The van der Waals surface area contributed by atoms with Gasteiger partial charge in [-0.3, -0.25) is 0 Å². The summed E-state index contributed by atoms with van der Waals surface area (Å²) in [5.74, 6) is 0. The zero-order valence-electron chi connectivity index (χ0n) is 17.8. The maximum atomic E-state index is 2.20. The fourth-order valence-electron chi connectivity index (χ4n) is 3.47. The minimum absolute atomic E-state index is 1.25. The Bertz CT molecular complexity index is 1140. The summed E-state index contributed by atoms with van der Waals surface area (Å²) in [5, 5.41) is 0. The van der Waals surface area contributed by atoms with Gasteiger partial charge in [0.2, 0.25) is 0 Å². The second kappa shape index (κ2) is 10.2. The Morgan fingerprint density at radius 3 is 0.806 bits per heavy atom. The monoisotopic (exact) mass is 398 g/mol. The van der Waals surface area contributed by atoms with E-state index in [1.807, 2.05) is 42.5 Å². The molecule has 150 valence electrons. The summed E-state index contributed by atoms with van der Waals surface area (Å²) in [6.07, 6.45) is 0. The molecule has 5 rings (SSSR count). The molecule has 0 saturated carbocycles. The number of benzene rings is 5. The van der Waals surface area contributed by atoms with Gasteiger partial charge in [-0.05, 0) is 40.3 Å². The van der Waals surface area contributed by atoms with Gasteiger partial charge < -0.3 is 0 Å². The molecule has 0 aliphatic heterocycles. The quantitative estimate of drug-likeness (QED) is 0.285. The molecule has 0 spiro atoms. The molecule has 0 aliphatic carbocycles. The highest BCUT2D eigenvalue weighted by Crippen LogP contribution is 2.27. The first-order valence-electron chi connectivity index (χ1n) is 10.6. The van der Waals surface area contributed by atoms with Gasteiger partial charge in [-0.2, -0.15) is 0 Å². The van der Waals surface area contributed by atoms with Crippen LogP contribution in [-0.4, -0.2) is 0 Å². The standard InChI is InChI=1S/C25H20.C6H6/c1-19-7-9-21(10-8-19)23-15-17-25(18-16-23)24-13-11-22(12-14-24)20-5-3-2-4-6-20;1-2-4-6-5-3-1/h2-18H,1H3;1-6H. The minimum Gasteiger partial charge on any atom is -0.0623 e. The normalized spacial score (nSPS) is 10.1. The summed E-state index contributed by atoms with van der Waals surface area (Å²) in [5.41, 5.74) is 8.80. The highest BCUT2D eigenvalue weighted by molar-refractivity contribution is 5.73. The summed E-state index contributed by atoms with van der Waals surface area (Å²) in [6, 6.07) is 48.7. The van der Waals surface area contributed by atoms with Gasteiger partial charge in [0.25, 0.3) is 0 Å². The lowest BCUT2D eigenvalue weighted by Crippen LogP contribution is -1.82. The highest BCUT2D eigenvalue weighted by Gasteiger charge is 2.02. The lowest BCUT2D eigenvalue weighted by atomic mass is 9.98. The number of rotatable bonds is 3. The fraction of sp³-hybridized carbons (Fsp3) is 0.0323. The molecule has 0 heterocycles. The molecule has 0 aromatic heterocycles. The van der Waals surface area contributed by atoms with Gasteiger partial charge >= 0.3 is 0 Å². The van der Waals surface area contributed by atoms with Crippen molar-refractivity contribution in [2.24, 2.45) is 0 Å². The van der Waals surface area contributed by atoms with Gasteiger partial charge in [0.15, 0.2) is 0 Å². The van der Waals surface area contributed by atoms with E-state index in [2.05, 4.69) is 104 Å². The van der Waals surface area contributed by atoms with E-state index >= 15 is 0 Å². The van der Waals surface area contributed by atoms with Gasteiger partial charge in [-0.15, -0.1) is 0 Å². The number of hydrogen-bond donors (Lipinski definition) is 0. The Morgan fingerprint density at radius 2 is 0.484 bits per heavy atom. The lowest BCUT2D eigenvalue weighted by Gasteiger charge is -2.07. The van der Waals surface area contributed by atoms with E-state index in [4.69, 9.17) is 0 Å². The topological polar surface area (TPSA) is 0 Å². The van der Waals surface area contributed by atoms with E-state index < -0.39 is 0 Å². The Kier molecular flexibility index (Phi) is 6.72. The van der Waals surface area contributed by atoms with Crippen LogP contribution in [0.3, 0.4) is 0 Å². The van der Waals surface area contributed by atoms with Crippen molar-refractivity contribution in [3.63, 3.8) is 0 Å². The zero-order chi connectivity index (χ0) is 21.3. The lowest BCUT2D eigenvalue weighted by molar-refractivity contribution is 1.47. The fourth-order valence-corrected chi connectivity index (χ4v) is 3.47. The van der Waals surface area contributed by atoms with Crippen molar-refractivity contribution in [1.82, 2.24) is 0 Å². The molecular formula is C31H26. The van der Waals surface area contributed by atoms with Crippen molar-refractivity contribution in [3.05, 3.63) is 145 Å². The molecule has 5 aromatic carbocycles. The summed E-state index contributed by atoms with van der Waals surface area (Å²) in [7, 11) is 0. The average molecular weight is 399 g/mol. The van der Waals surface area contributed by atoms with Gasteiger partial charge in [0, 0.05) is 0 Å². The van der Waals surface area contributed by atoms with E-state index in [0.29, 0.717) is 0 Å². The van der Waals surface area contributed by atoms with Crippen molar-refractivity contribution >= 4 is 0 Å². The van der Waals surface area contributed by atoms with Crippen LogP contribution in [0.5, 0.6) is 0 Å². The van der Waals surface area contributed by atoms with Crippen LogP contribution in [0.15, 0.2) is 140 Å². The number of hydrogen-bond acceptors (Lipinski definition) is 0. The molecule has 0 fully saturated rings. The largest absolute Gasteiger partial charge is 0.0623 e. The van der Waals surface area contributed by atoms with Gasteiger partial charge in [-0.1, -0.05) is 145 Å². The molecule has 0 saturated heterocycles. The summed E-state index contributed by atoms with van der Waals surface area (Å²) in [4.78, 5) is 0. The van der Waals surface area contributed by atoms with Gasteiger partial charge in [0.05, 0.1) is 0 Å². The van der Waals surface area contributed by atoms with E-state index in [9.17, 15) is 0 Å². The van der Waals surface area contributed by atoms with E-state index in [-0.39, 0.29) is 0 Å². The first-order valence-corrected chi connectivity index (χ1v) is 10.6. The number of aryl methyl sites for hydroxylation is 1. The SMILES string of the molecule is Cc1ccc(-c2ccc(-c3ccc(-c4ccccc4)cc3)cc2)cc1.c1ccccc1. The van der Waals surface area contributed by atoms with Crippen LogP contribution in [-0.2, 0) is 0 Å². The third-order valence-electron chi connectivity index (χ3n) is 5.26.